The normalized spacial score (nSPS) is 10.1. The van der Waals surface area contributed by atoms with Crippen molar-refractivity contribution in [1.29, 1.82) is 0 Å². The number of phenols is 1. The first-order valence-corrected chi connectivity index (χ1v) is 4.25. The molecule has 0 bridgehead atoms. The Morgan fingerprint density at radius 1 is 1.46 bits per heavy atom. The zero-order chi connectivity index (χ0) is 9.84. The molecule has 0 atom stereocenters. The third-order valence-electron chi connectivity index (χ3n) is 1.59. The molecule has 1 rings (SSSR count). The summed E-state index contributed by atoms with van der Waals surface area (Å²) in [7, 11) is 0. The van der Waals surface area contributed by atoms with E-state index in [0.717, 1.165) is 5.75 Å². The molecule has 70 valence electrons. The summed E-state index contributed by atoms with van der Waals surface area (Å²) in [6, 6.07) is 5.11. The molecule has 0 aromatic heterocycles. The number of hydrogen-bond donors (Lipinski definition) is 1. The van der Waals surface area contributed by atoms with Gasteiger partial charge in [0.05, 0.1) is 6.10 Å². The minimum atomic E-state index is 0.141. The SMILES string of the molecule is C=Cc1cc(OC(C)C)ccc1O. The number of hydrogen-bond acceptors (Lipinski definition) is 2. The average molecular weight is 178 g/mol. The van der Waals surface area contributed by atoms with Crippen molar-refractivity contribution in [2.45, 2.75) is 20.0 Å². The lowest BCUT2D eigenvalue weighted by molar-refractivity contribution is 0.242. The van der Waals surface area contributed by atoms with E-state index in [4.69, 9.17) is 4.74 Å². The van der Waals surface area contributed by atoms with Crippen LogP contribution in [0.3, 0.4) is 0 Å². The number of aromatic hydroxyl groups is 1. The van der Waals surface area contributed by atoms with Crippen LogP contribution in [0.25, 0.3) is 6.08 Å². The van der Waals surface area contributed by atoms with E-state index in [1.165, 1.54) is 0 Å². The molecule has 0 unspecified atom stereocenters. The summed E-state index contributed by atoms with van der Waals surface area (Å²) in [5.74, 6) is 0.980. The molecule has 1 aromatic carbocycles. The maximum atomic E-state index is 9.34. The summed E-state index contributed by atoms with van der Waals surface area (Å²) in [6.07, 6.45) is 1.74. The molecule has 0 radical (unpaired) electrons. The summed E-state index contributed by atoms with van der Waals surface area (Å²) in [5, 5.41) is 9.34. The lowest BCUT2D eigenvalue weighted by atomic mass is 10.2. The van der Waals surface area contributed by atoms with Gasteiger partial charge in [-0.15, -0.1) is 0 Å². The van der Waals surface area contributed by atoms with Gasteiger partial charge in [0, 0.05) is 5.56 Å². The van der Waals surface area contributed by atoms with Gasteiger partial charge in [-0.1, -0.05) is 12.7 Å². The molecule has 0 heterocycles. The molecule has 2 heteroatoms. The van der Waals surface area contributed by atoms with Crippen LogP contribution in [0, 0.1) is 0 Å². The lowest BCUT2D eigenvalue weighted by Gasteiger charge is -2.10. The summed E-state index contributed by atoms with van der Waals surface area (Å²) in [4.78, 5) is 0. The Morgan fingerprint density at radius 2 is 2.15 bits per heavy atom. The molecule has 0 aliphatic heterocycles. The van der Waals surface area contributed by atoms with E-state index in [1.807, 2.05) is 13.8 Å². The minimum absolute atomic E-state index is 0.141. The summed E-state index contributed by atoms with van der Waals surface area (Å²) in [5.41, 5.74) is 0.693. The Morgan fingerprint density at radius 3 is 2.69 bits per heavy atom. The van der Waals surface area contributed by atoms with Crippen LogP contribution < -0.4 is 4.74 Å². The predicted molar refractivity (Wildman–Crippen MR) is 54.0 cm³/mol. The molecule has 0 fully saturated rings. The Kier molecular flexibility index (Phi) is 2.96. The van der Waals surface area contributed by atoms with Crippen LogP contribution in [0.4, 0.5) is 0 Å². The third-order valence-corrected chi connectivity index (χ3v) is 1.59. The van der Waals surface area contributed by atoms with Crippen molar-refractivity contribution in [2.75, 3.05) is 0 Å². The standard InChI is InChI=1S/C11H14O2/c1-4-9-7-10(13-8(2)3)5-6-11(9)12/h4-8,12H,1H2,2-3H3. The molecule has 1 N–H and O–H groups in total. The van der Waals surface area contributed by atoms with Gasteiger partial charge in [-0.3, -0.25) is 0 Å². The van der Waals surface area contributed by atoms with Crippen molar-refractivity contribution in [3.63, 3.8) is 0 Å². The third kappa shape index (κ3) is 2.51. The monoisotopic (exact) mass is 178 g/mol. The van der Waals surface area contributed by atoms with Gasteiger partial charge in [-0.25, -0.2) is 0 Å². The molecule has 0 spiro atoms. The maximum Gasteiger partial charge on any atom is 0.123 e. The van der Waals surface area contributed by atoms with Crippen LogP contribution in [0.2, 0.25) is 0 Å². The first-order valence-electron chi connectivity index (χ1n) is 4.25. The highest BCUT2D eigenvalue weighted by Gasteiger charge is 2.01. The van der Waals surface area contributed by atoms with Gasteiger partial charge in [-0.2, -0.15) is 0 Å². The van der Waals surface area contributed by atoms with Crippen LogP contribution in [-0.4, -0.2) is 11.2 Å². The van der Waals surface area contributed by atoms with Crippen molar-refractivity contribution in [1.82, 2.24) is 0 Å². The topological polar surface area (TPSA) is 29.5 Å². The Bertz CT molecular complexity index is 303. The largest absolute Gasteiger partial charge is 0.507 e. The van der Waals surface area contributed by atoms with Crippen molar-refractivity contribution in [3.8, 4) is 11.5 Å². The van der Waals surface area contributed by atoms with Crippen molar-refractivity contribution < 1.29 is 9.84 Å². The van der Waals surface area contributed by atoms with E-state index < -0.39 is 0 Å². The number of rotatable bonds is 3. The van der Waals surface area contributed by atoms with Crippen LogP contribution in [0.15, 0.2) is 24.8 Å². The molecular formula is C11H14O2. The average Bonchev–Trinajstić information content (AvgIpc) is 2.07. The predicted octanol–water partition coefficient (Wildman–Crippen LogP) is 2.82. The highest BCUT2D eigenvalue weighted by atomic mass is 16.5. The van der Waals surface area contributed by atoms with Gasteiger partial charge in [0.15, 0.2) is 0 Å². The second kappa shape index (κ2) is 3.99. The number of benzene rings is 1. The molecular weight excluding hydrogens is 164 g/mol. The van der Waals surface area contributed by atoms with Gasteiger partial charge in [0.25, 0.3) is 0 Å². The summed E-state index contributed by atoms with van der Waals surface area (Å²) in [6.45, 7) is 7.51. The maximum absolute atomic E-state index is 9.34. The van der Waals surface area contributed by atoms with Gasteiger partial charge in [0.2, 0.25) is 0 Å². The van der Waals surface area contributed by atoms with E-state index >= 15 is 0 Å². The first kappa shape index (κ1) is 9.65. The molecule has 0 aliphatic carbocycles. The van der Waals surface area contributed by atoms with Crippen molar-refractivity contribution >= 4 is 6.08 Å². The van der Waals surface area contributed by atoms with E-state index in [1.54, 1.807) is 24.3 Å². The number of ether oxygens (including phenoxy) is 1. The van der Waals surface area contributed by atoms with Crippen LogP contribution in [0.1, 0.15) is 19.4 Å². The fourth-order valence-corrected chi connectivity index (χ4v) is 1.04. The van der Waals surface area contributed by atoms with E-state index in [-0.39, 0.29) is 11.9 Å². The van der Waals surface area contributed by atoms with Gasteiger partial charge in [0.1, 0.15) is 11.5 Å². The van der Waals surface area contributed by atoms with Gasteiger partial charge >= 0.3 is 0 Å². The van der Waals surface area contributed by atoms with Gasteiger partial charge < -0.3 is 9.84 Å². The second-order valence-corrected chi connectivity index (χ2v) is 3.09. The minimum Gasteiger partial charge on any atom is -0.507 e. The number of phenolic OH excluding ortho intramolecular Hbond substituents is 1. The van der Waals surface area contributed by atoms with Crippen LogP contribution in [-0.2, 0) is 0 Å². The van der Waals surface area contributed by atoms with E-state index in [0.29, 0.717) is 5.56 Å². The fourth-order valence-electron chi connectivity index (χ4n) is 1.04. The van der Waals surface area contributed by atoms with E-state index in [9.17, 15) is 5.11 Å². The highest BCUT2D eigenvalue weighted by Crippen LogP contribution is 2.24. The molecule has 2 nitrogen and oxygen atoms in total. The molecule has 0 saturated heterocycles. The first-order chi connectivity index (χ1) is 6.13. The smallest absolute Gasteiger partial charge is 0.123 e. The Balaban J connectivity index is 2.92. The Hall–Kier alpha value is -1.44. The quantitative estimate of drug-likeness (QED) is 0.771. The lowest BCUT2D eigenvalue weighted by Crippen LogP contribution is -2.05. The molecule has 1 aromatic rings. The molecule has 13 heavy (non-hydrogen) atoms. The summed E-state index contributed by atoms with van der Waals surface area (Å²) < 4.78 is 5.45. The van der Waals surface area contributed by atoms with E-state index in [2.05, 4.69) is 6.58 Å². The van der Waals surface area contributed by atoms with Crippen molar-refractivity contribution in [2.24, 2.45) is 0 Å². The van der Waals surface area contributed by atoms with Crippen LogP contribution in [0.5, 0.6) is 11.5 Å². The highest BCUT2D eigenvalue weighted by molar-refractivity contribution is 5.57. The fraction of sp³-hybridized carbons (Fsp3) is 0.273. The van der Waals surface area contributed by atoms with Crippen molar-refractivity contribution in [3.05, 3.63) is 30.3 Å². The summed E-state index contributed by atoms with van der Waals surface area (Å²) >= 11 is 0. The zero-order valence-electron chi connectivity index (χ0n) is 7.95. The van der Waals surface area contributed by atoms with Crippen LogP contribution >= 0.6 is 0 Å². The molecule has 0 aliphatic rings. The second-order valence-electron chi connectivity index (χ2n) is 3.09. The molecule has 0 amide bonds. The zero-order valence-corrected chi connectivity index (χ0v) is 7.95. The molecule has 0 saturated carbocycles. The van der Waals surface area contributed by atoms with Gasteiger partial charge in [-0.05, 0) is 32.0 Å². The Labute approximate surface area is 78.5 Å².